The SMILES string of the molecule is CCCCCCc1ccc(C2(C(=O)Oc3ccc(C)cc3C#N)CCCCC2)cc1. The summed E-state index contributed by atoms with van der Waals surface area (Å²) >= 11 is 0. The van der Waals surface area contributed by atoms with E-state index in [4.69, 9.17) is 4.74 Å². The van der Waals surface area contributed by atoms with Crippen molar-refractivity contribution in [3.8, 4) is 11.8 Å². The summed E-state index contributed by atoms with van der Waals surface area (Å²) in [6, 6.07) is 16.2. The van der Waals surface area contributed by atoms with Crippen LogP contribution in [0.15, 0.2) is 42.5 Å². The molecule has 3 nitrogen and oxygen atoms in total. The molecular weight excluding hydrogens is 370 g/mol. The molecule has 0 unspecified atom stereocenters. The fourth-order valence-electron chi connectivity index (χ4n) is 4.53. The highest BCUT2D eigenvalue weighted by atomic mass is 16.5. The largest absolute Gasteiger partial charge is 0.424 e. The highest BCUT2D eigenvalue weighted by Crippen LogP contribution is 2.41. The van der Waals surface area contributed by atoms with E-state index in [1.807, 2.05) is 13.0 Å². The Morgan fingerprint density at radius 2 is 1.77 bits per heavy atom. The zero-order chi connectivity index (χ0) is 21.4. The Morgan fingerprint density at radius 3 is 2.43 bits per heavy atom. The third-order valence-corrected chi connectivity index (χ3v) is 6.38. The fourth-order valence-corrected chi connectivity index (χ4v) is 4.53. The van der Waals surface area contributed by atoms with Gasteiger partial charge in [-0.2, -0.15) is 5.26 Å². The number of hydrogen-bond acceptors (Lipinski definition) is 3. The standard InChI is InChI=1S/C27H33NO2/c1-3-4-5-7-10-22-12-14-24(15-13-22)27(17-8-6-9-18-27)26(29)30-25-16-11-21(2)19-23(25)20-28/h11-16,19H,3-10,17-18H2,1-2H3. The Kier molecular flexibility index (Phi) is 7.69. The lowest BCUT2D eigenvalue weighted by molar-refractivity contribution is -0.142. The Balaban J connectivity index is 1.81. The van der Waals surface area contributed by atoms with Gasteiger partial charge in [0.05, 0.1) is 11.0 Å². The van der Waals surface area contributed by atoms with Gasteiger partial charge in [-0.25, -0.2) is 0 Å². The second-order valence-corrected chi connectivity index (χ2v) is 8.65. The number of carbonyl (C=O) groups is 1. The summed E-state index contributed by atoms with van der Waals surface area (Å²) in [6.07, 6.45) is 10.9. The van der Waals surface area contributed by atoms with Crippen molar-refractivity contribution < 1.29 is 9.53 Å². The van der Waals surface area contributed by atoms with Gasteiger partial charge in [-0.15, -0.1) is 0 Å². The van der Waals surface area contributed by atoms with Crippen molar-refractivity contribution in [2.75, 3.05) is 0 Å². The second kappa shape index (κ2) is 10.4. The first-order valence-electron chi connectivity index (χ1n) is 11.4. The van der Waals surface area contributed by atoms with E-state index in [9.17, 15) is 10.1 Å². The van der Waals surface area contributed by atoms with Crippen molar-refractivity contribution in [3.63, 3.8) is 0 Å². The highest BCUT2D eigenvalue weighted by Gasteiger charge is 2.43. The highest BCUT2D eigenvalue weighted by molar-refractivity contribution is 5.85. The van der Waals surface area contributed by atoms with E-state index in [0.717, 1.165) is 49.7 Å². The van der Waals surface area contributed by atoms with Crippen LogP contribution in [0.1, 0.15) is 87.0 Å². The summed E-state index contributed by atoms with van der Waals surface area (Å²) < 4.78 is 5.85. The predicted molar refractivity (Wildman–Crippen MR) is 121 cm³/mol. The molecule has 1 aliphatic carbocycles. The molecule has 158 valence electrons. The molecule has 0 radical (unpaired) electrons. The van der Waals surface area contributed by atoms with E-state index in [2.05, 4.69) is 37.3 Å². The molecule has 1 aliphatic rings. The number of aryl methyl sites for hydroxylation is 2. The minimum Gasteiger partial charge on any atom is -0.424 e. The van der Waals surface area contributed by atoms with Gasteiger partial charge in [-0.1, -0.05) is 75.8 Å². The van der Waals surface area contributed by atoms with Crippen LogP contribution in [-0.2, 0) is 16.6 Å². The fraction of sp³-hybridized carbons (Fsp3) is 0.481. The van der Waals surface area contributed by atoms with E-state index in [0.29, 0.717) is 11.3 Å². The van der Waals surface area contributed by atoms with Crippen LogP contribution in [0, 0.1) is 18.3 Å². The minimum absolute atomic E-state index is 0.224. The topological polar surface area (TPSA) is 50.1 Å². The molecule has 0 aromatic heterocycles. The number of esters is 1. The average Bonchev–Trinajstić information content (AvgIpc) is 2.78. The summed E-state index contributed by atoms with van der Waals surface area (Å²) in [7, 11) is 0. The van der Waals surface area contributed by atoms with Gasteiger partial charge in [-0.05, 0) is 61.4 Å². The molecule has 2 aromatic rings. The van der Waals surface area contributed by atoms with Crippen LogP contribution in [0.2, 0.25) is 0 Å². The van der Waals surface area contributed by atoms with Crippen LogP contribution in [0.3, 0.4) is 0 Å². The van der Waals surface area contributed by atoms with Gasteiger partial charge in [0.15, 0.2) is 0 Å². The molecule has 1 saturated carbocycles. The molecule has 3 rings (SSSR count). The lowest BCUT2D eigenvalue weighted by atomic mass is 9.69. The zero-order valence-corrected chi connectivity index (χ0v) is 18.4. The van der Waals surface area contributed by atoms with Crippen LogP contribution in [0.5, 0.6) is 5.75 Å². The van der Waals surface area contributed by atoms with Crippen molar-refractivity contribution in [2.45, 2.75) is 83.5 Å². The quantitative estimate of drug-likeness (QED) is 0.277. The molecular formula is C27H33NO2. The van der Waals surface area contributed by atoms with Crippen molar-refractivity contribution in [3.05, 3.63) is 64.7 Å². The zero-order valence-electron chi connectivity index (χ0n) is 18.4. The van der Waals surface area contributed by atoms with Crippen molar-refractivity contribution in [1.82, 2.24) is 0 Å². The minimum atomic E-state index is -0.614. The number of rotatable bonds is 8. The number of nitrogens with zero attached hydrogens (tertiary/aromatic N) is 1. The van der Waals surface area contributed by atoms with Gasteiger partial charge < -0.3 is 4.74 Å². The summed E-state index contributed by atoms with van der Waals surface area (Å²) in [5, 5.41) is 9.44. The van der Waals surface area contributed by atoms with Crippen LogP contribution < -0.4 is 4.74 Å². The Labute approximate surface area is 181 Å². The molecule has 0 bridgehead atoms. The Hall–Kier alpha value is -2.60. The van der Waals surface area contributed by atoms with Crippen molar-refractivity contribution in [1.29, 1.82) is 5.26 Å². The maximum Gasteiger partial charge on any atom is 0.321 e. The molecule has 30 heavy (non-hydrogen) atoms. The van der Waals surface area contributed by atoms with Crippen LogP contribution in [-0.4, -0.2) is 5.97 Å². The number of benzene rings is 2. The molecule has 0 spiro atoms. The summed E-state index contributed by atoms with van der Waals surface area (Å²) in [5.41, 5.74) is 3.16. The Bertz CT molecular complexity index is 886. The smallest absolute Gasteiger partial charge is 0.321 e. The van der Waals surface area contributed by atoms with E-state index in [-0.39, 0.29) is 5.97 Å². The van der Waals surface area contributed by atoms with Crippen molar-refractivity contribution >= 4 is 5.97 Å². The van der Waals surface area contributed by atoms with Crippen LogP contribution in [0.25, 0.3) is 0 Å². The molecule has 2 aromatic carbocycles. The average molecular weight is 404 g/mol. The first kappa shape index (κ1) is 22.1. The van der Waals surface area contributed by atoms with Gasteiger partial charge in [0.2, 0.25) is 0 Å². The monoisotopic (exact) mass is 403 g/mol. The molecule has 0 aliphatic heterocycles. The van der Waals surface area contributed by atoms with E-state index in [1.165, 1.54) is 31.2 Å². The molecule has 0 N–H and O–H groups in total. The third kappa shape index (κ3) is 5.11. The molecule has 1 fully saturated rings. The van der Waals surface area contributed by atoms with Gasteiger partial charge in [0.25, 0.3) is 0 Å². The lowest BCUT2D eigenvalue weighted by Gasteiger charge is -2.35. The lowest BCUT2D eigenvalue weighted by Crippen LogP contribution is -2.41. The number of nitriles is 1. The van der Waals surface area contributed by atoms with E-state index >= 15 is 0 Å². The van der Waals surface area contributed by atoms with Gasteiger partial charge >= 0.3 is 5.97 Å². The summed E-state index contributed by atoms with van der Waals surface area (Å²) in [4.78, 5) is 13.4. The maximum atomic E-state index is 13.4. The first-order valence-corrected chi connectivity index (χ1v) is 11.4. The number of hydrogen-bond donors (Lipinski definition) is 0. The van der Waals surface area contributed by atoms with Crippen LogP contribution in [0.4, 0.5) is 0 Å². The van der Waals surface area contributed by atoms with E-state index < -0.39 is 5.41 Å². The number of unbranched alkanes of at least 4 members (excludes halogenated alkanes) is 3. The normalized spacial score (nSPS) is 15.4. The molecule has 0 amide bonds. The van der Waals surface area contributed by atoms with Crippen molar-refractivity contribution in [2.24, 2.45) is 0 Å². The van der Waals surface area contributed by atoms with E-state index in [1.54, 1.807) is 12.1 Å². The molecule has 0 heterocycles. The summed E-state index contributed by atoms with van der Waals surface area (Å²) in [6.45, 7) is 4.16. The third-order valence-electron chi connectivity index (χ3n) is 6.38. The van der Waals surface area contributed by atoms with Gasteiger partial charge in [0.1, 0.15) is 11.8 Å². The predicted octanol–water partition coefficient (Wildman–Crippen LogP) is 6.80. The first-order chi connectivity index (χ1) is 14.6. The molecule has 3 heteroatoms. The van der Waals surface area contributed by atoms with Gasteiger partial charge in [0, 0.05) is 0 Å². The maximum absolute atomic E-state index is 13.4. The number of ether oxygens (including phenoxy) is 1. The summed E-state index contributed by atoms with van der Waals surface area (Å²) in [5.74, 6) is 0.142. The van der Waals surface area contributed by atoms with Crippen LogP contribution >= 0.6 is 0 Å². The molecule has 0 saturated heterocycles. The Morgan fingerprint density at radius 1 is 1.03 bits per heavy atom. The number of carbonyl (C=O) groups excluding carboxylic acids is 1. The second-order valence-electron chi connectivity index (χ2n) is 8.65. The molecule has 0 atom stereocenters. The van der Waals surface area contributed by atoms with Gasteiger partial charge in [-0.3, -0.25) is 4.79 Å².